The molecule has 0 atom stereocenters. The quantitative estimate of drug-likeness (QED) is 0.842. The second-order valence-corrected chi connectivity index (χ2v) is 8.77. The minimum absolute atomic E-state index is 0.00713. The molecule has 0 saturated carbocycles. The number of hydrogen-bond donors (Lipinski definition) is 1. The zero-order chi connectivity index (χ0) is 17.7. The molecule has 1 aliphatic rings. The third-order valence-electron chi connectivity index (χ3n) is 4.46. The van der Waals surface area contributed by atoms with Crippen molar-refractivity contribution >= 4 is 21.6 Å². The van der Waals surface area contributed by atoms with Crippen LogP contribution in [0.2, 0.25) is 0 Å². The Kier molecular flexibility index (Phi) is 6.37. The highest BCUT2D eigenvalue weighted by atomic mass is 32.2. The number of carbonyl (C=O) groups excluding carboxylic acids is 1. The number of likely N-dealkylation sites (tertiary alicyclic amines) is 1. The Labute approximate surface area is 144 Å². The standard InChI is InChI=1S/C17H27N3O3S/c1-14-5-4-6-16(11-14)18-17(21)13-20-9-7-15(8-10-20)12-19(2)24(3,22)23/h4-6,11,15H,7-10,12-13H2,1-3H3,(H,18,21). The normalized spacial score (nSPS) is 17.2. The molecule has 1 fully saturated rings. The summed E-state index contributed by atoms with van der Waals surface area (Å²) in [6, 6.07) is 7.76. The molecule has 1 amide bonds. The summed E-state index contributed by atoms with van der Waals surface area (Å²) in [5, 5.41) is 2.93. The van der Waals surface area contributed by atoms with Gasteiger partial charge in [0.05, 0.1) is 12.8 Å². The van der Waals surface area contributed by atoms with Crippen LogP contribution in [0.25, 0.3) is 0 Å². The zero-order valence-corrected chi connectivity index (χ0v) is 15.5. The number of hydrogen-bond acceptors (Lipinski definition) is 4. The number of nitrogens with one attached hydrogen (secondary N) is 1. The van der Waals surface area contributed by atoms with E-state index in [1.165, 1.54) is 10.6 Å². The summed E-state index contributed by atoms with van der Waals surface area (Å²) in [5.74, 6) is 0.355. The first-order valence-corrected chi connectivity index (χ1v) is 10.1. The molecule has 1 heterocycles. The zero-order valence-electron chi connectivity index (χ0n) is 14.7. The van der Waals surface area contributed by atoms with Crippen LogP contribution in [0.1, 0.15) is 18.4 Å². The Hall–Kier alpha value is -1.44. The van der Waals surface area contributed by atoms with Crippen molar-refractivity contribution in [2.45, 2.75) is 19.8 Å². The van der Waals surface area contributed by atoms with Crippen molar-refractivity contribution in [3.05, 3.63) is 29.8 Å². The van der Waals surface area contributed by atoms with Gasteiger partial charge in [0, 0.05) is 19.3 Å². The molecule has 7 heteroatoms. The van der Waals surface area contributed by atoms with E-state index in [0.29, 0.717) is 19.0 Å². The summed E-state index contributed by atoms with van der Waals surface area (Å²) in [6.07, 6.45) is 3.06. The topological polar surface area (TPSA) is 69.7 Å². The molecule has 0 aliphatic carbocycles. The van der Waals surface area contributed by atoms with Gasteiger partial charge in [-0.05, 0) is 56.5 Å². The smallest absolute Gasteiger partial charge is 0.238 e. The van der Waals surface area contributed by atoms with Crippen LogP contribution in [0.15, 0.2) is 24.3 Å². The monoisotopic (exact) mass is 353 g/mol. The molecule has 1 aliphatic heterocycles. The summed E-state index contributed by atoms with van der Waals surface area (Å²) in [6.45, 7) is 4.58. The molecule has 2 rings (SSSR count). The van der Waals surface area contributed by atoms with Crippen molar-refractivity contribution in [1.82, 2.24) is 9.21 Å². The fourth-order valence-corrected chi connectivity index (χ4v) is 3.43. The first-order valence-electron chi connectivity index (χ1n) is 8.24. The van der Waals surface area contributed by atoms with E-state index in [2.05, 4.69) is 10.2 Å². The first kappa shape index (κ1) is 18.9. The SMILES string of the molecule is Cc1cccc(NC(=O)CN2CCC(CN(C)S(C)(=O)=O)CC2)c1. The third kappa shape index (κ3) is 5.89. The second kappa shape index (κ2) is 8.09. The van der Waals surface area contributed by atoms with Gasteiger partial charge < -0.3 is 5.32 Å². The molecule has 1 saturated heterocycles. The number of piperidine rings is 1. The van der Waals surface area contributed by atoms with Crippen LogP contribution in [0, 0.1) is 12.8 Å². The fraction of sp³-hybridized carbons (Fsp3) is 0.588. The van der Waals surface area contributed by atoms with Crippen molar-refractivity contribution in [3.63, 3.8) is 0 Å². The summed E-state index contributed by atoms with van der Waals surface area (Å²) in [4.78, 5) is 14.3. The Balaban J connectivity index is 1.75. The summed E-state index contributed by atoms with van der Waals surface area (Å²) < 4.78 is 24.4. The van der Waals surface area contributed by atoms with Crippen molar-refractivity contribution in [1.29, 1.82) is 0 Å². The van der Waals surface area contributed by atoms with Gasteiger partial charge in [0.25, 0.3) is 0 Å². The number of carbonyl (C=O) groups is 1. The Bertz CT molecular complexity index is 667. The maximum absolute atomic E-state index is 12.1. The third-order valence-corrected chi connectivity index (χ3v) is 5.74. The lowest BCUT2D eigenvalue weighted by molar-refractivity contribution is -0.117. The van der Waals surface area contributed by atoms with Gasteiger partial charge in [-0.15, -0.1) is 0 Å². The molecule has 6 nitrogen and oxygen atoms in total. The lowest BCUT2D eigenvalue weighted by atomic mass is 9.97. The Morgan fingerprint density at radius 2 is 2.00 bits per heavy atom. The van der Waals surface area contributed by atoms with Crippen LogP contribution in [-0.4, -0.2) is 63.0 Å². The molecular formula is C17H27N3O3S. The van der Waals surface area contributed by atoms with Crippen LogP contribution < -0.4 is 5.32 Å². The van der Waals surface area contributed by atoms with Gasteiger partial charge in [-0.25, -0.2) is 12.7 Å². The molecule has 1 N–H and O–H groups in total. The first-order chi connectivity index (χ1) is 11.2. The highest BCUT2D eigenvalue weighted by Crippen LogP contribution is 2.19. The largest absolute Gasteiger partial charge is 0.325 e. The predicted molar refractivity (Wildman–Crippen MR) is 96.4 cm³/mol. The molecule has 0 unspecified atom stereocenters. The highest BCUT2D eigenvalue weighted by Gasteiger charge is 2.24. The van der Waals surface area contributed by atoms with Crippen molar-refractivity contribution in [3.8, 4) is 0 Å². The Morgan fingerprint density at radius 1 is 1.33 bits per heavy atom. The van der Waals surface area contributed by atoms with Gasteiger partial charge in [-0.1, -0.05) is 12.1 Å². The number of nitrogens with zero attached hydrogens (tertiary/aromatic N) is 2. The van der Waals surface area contributed by atoms with E-state index in [9.17, 15) is 13.2 Å². The van der Waals surface area contributed by atoms with Crippen LogP contribution in [-0.2, 0) is 14.8 Å². The molecule has 134 valence electrons. The van der Waals surface area contributed by atoms with E-state index in [1.54, 1.807) is 7.05 Å². The minimum atomic E-state index is -3.12. The van der Waals surface area contributed by atoms with E-state index in [-0.39, 0.29) is 5.91 Å². The van der Waals surface area contributed by atoms with E-state index in [4.69, 9.17) is 0 Å². The maximum Gasteiger partial charge on any atom is 0.238 e. The molecule has 1 aromatic rings. The van der Waals surface area contributed by atoms with Crippen LogP contribution in [0.4, 0.5) is 5.69 Å². The van der Waals surface area contributed by atoms with Gasteiger partial charge in [-0.2, -0.15) is 0 Å². The Morgan fingerprint density at radius 3 is 2.58 bits per heavy atom. The fourth-order valence-electron chi connectivity index (χ4n) is 2.95. The van der Waals surface area contributed by atoms with E-state index in [0.717, 1.165) is 37.2 Å². The number of anilines is 1. The lowest BCUT2D eigenvalue weighted by Gasteiger charge is -2.32. The highest BCUT2D eigenvalue weighted by molar-refractivity contribution is 7.88. The van der Waals surface area contributed by atoms with Crippen LogP contribution >= 0.6 is 0 Å². The summed E-state index contributed by atoms with van der Waals surface area (Å²) in [5.41, 5.74) is 1.94. The van der Waals surface area contributed by atoms with Gasteiger partial charge in [0.1, 0.15) is 0 Å². The van der Waals surface area contributed by atoms with Gasteiger partial charge in [-0.3, -0.25) is 9.69 Å². The van der Waals surface area contributed by atoms with Crippen molar-refractivity contribution < 1.29 is 13.2 Å². The molecule has 24 heavy (non-hydrogen) atoms. The molecule has 0 aromatic heterocycles. The number of rotatable bonds is 6. The van der Waals surface area contributed by atoms with E-state index >= 15 is 0 Å². The number of benzene rings is 1. The summed E-state index contributed by atoms with van der Waals surface area (Å²) >= 11 is 0. The summed E-state index contributed by atoms with van der Waals surface area (Å²) in [7, 11) is -1.50. The van der Waals surface area contributed by atoms with Crippen molar-refractivity contribution in [2.24, 2.45) is 5.92 Å². The predicted octanol–water partition coefficient (Wildman–Crippen LogP) is 1.54. The average Bonchev–Trinajstić information content (AvgIpc) is 2.48. The van der Waals surface area contributed by atoms with E-state index < -0.39 is 10.0 Å². The molecule has 1 aromatic carbocycles. The second-order valence-electron chi connectivity index (χ2n) is 6.68. The van der Waals surface area contributed by atoms with Gasteiger partial charge >= 0.3 is 0 Å². The number of sulfonamides is 1. The van der Waals surface area contributed by atoms with Crippen molar-refractivity contribution in [2.75, 3.05) is 44.8 Å². The average molecular weight is 353 g/mol. The molecule has 0 bridgehead atoms. The van der Waals surface area contributed by atoms with Crippen LogP contribution in [0.5, 0.6) is 0 Å². The molecular weight excluding hydrogens is 326 g/mol. The minimum Gasteiger partial charge on any atom is -0.325 e. The van der Waals surface area contributed by atoms with Crippen LogP contribution in [0.3, 0.4) is 0 Å². The number of amides is 1. The van der Waals surface area contributed by atoms with Gasteiger partial charge in [0.2, 0.25) is 15.9 Å². The number of aryl methyl sites for hydroxylation is 1. The maximum atomic E-state index is 12.1. The lowest BCUT2D eigenvalue weighted by Crippen LogP contribution is -2.42. The molecule has 0 spiro atoms. The van der Waals surface area contributed by atoms with E-state index in [1.807, 2.05) is 31.2 Å². The molecule has 0 radical (unpaired) electrons. The van der Waals surface area contributed by atoms with Gasteiger partial charge in [0.15, 0.2) is 0 Å².